The summed E-state index contributed by atoms with van der Waals surface area (Å²) in [5.41, 5.74) is 1.71. The van der Waals surface area contributed by atoms with Crippen LogP contribution in [0.3, 0.4) is 0 Å². The summed E-state index contributed by atoms with van der Waals surface area (Å²) >= 11 is 4.70. The van der Waals surface area contributed by atoms with E-state index in [-0.39, 0.29) is 11.6 Å². The van der Waals surface area contributed by atoms with E-state index in [1.807, 2.05) is 24.3 Å². The predicted octanol–water partition coefficient (Wildman–Crippen LogP) is 3.13. The Bertz CT molecular complexity index is 948. The molecule has 0 atom stereocenters. The van der Waals surface area contributed by atoms with E-state index < -0.39 is 10.0 Å². The zero-order valence-corrected chi connectivity index (χ0v) is 16.3. The summed E-state index contributed by atoms with van der Waals surface area (Å²) in [6.07, 6.45) is 3.45. The first-order valence-electron chi connectivity index (χ1n) is 7.01. The van der Waals surface area contributed by atoms with Gasteiger partial charge < -0.3 is 0 Å². The summed E-state index contributed by atoms with van der Waals surface area (Å²) in [5, 5.41) is 6.37. The number of halogens is 1. The van der Waals surface area contributed by atoms with Crippen molar-refractivity contribution in [1.82, 2.24) is 19.1 Å². The number of hydrogen-bond acceptors (Lipinski definition) is 5. The third-order valence-corrected chi connectivity index (χ3v) is 6.67. The first-order valence-corrected chi connectivity index (χ1v) is 10.1. The Morgan fingerprint density at radius 3 is 2.62 bits per heavy atom. The van der Waals surface area contributed by atoms with E-state index in [1.54, 1.807) is 36.6 Å². The van der Waals surface area contributed by atoms with Crippen molar-refractivity contribution in [2.75, 3.05) is 7.05 Å². The predicted molar refractivity (Wildman–Crippen MR) is 97.1 cm³/mol. The van der Waals surface area contributed by atoms with E-state index in [0.717, 1.165) is 15.6 Å². The van der Waals surface area contributed by atoms with Crippen molar-refractivity contribution in [3.8, 4) is 10.6 Å². The Hall–Kier alpha value is -1.55. The number of aromatic nitrogens is 3. The zero-order valence-electron chi connectivity index (χ0n) is 13.0. The summed E-state index contributed by atoms with van der Waals surface area (Å²) < 4.78 is 29.2. The van der Waals surface area contributed by atoms with Gasteiger partial charge in [0.25, 0.3) is 10.0 Å². The van der Waals surface area contributed by atoms with Crippen LogP contribution in [0.15, 0.2) is 51.5 Å². The standard InChI is InChI=1S/C15H15BrN4O2S2/c1-19-8-11(7-17-19)9-20(2)24(21,22)14-10-23-15(18-14)12-3-5-13(16)6-4-12/h3-8,10H,9H2,1-2H3. The lowest BCUT2D eigenvalue weighted by atomic mass is 10.2. The maximum atomic E-state index is 12.7. The SMILES string of the molecule is CN(Cc1cnn(C)c1)S(=O)(=O)c1csc(-c2ccc(Br)cc2)n1. The summed E-state index contributed by atoms with van der Waals surface area (Å²) in [4.78, 5) is 4.30. The van der Waals surface area contributed by atoms with Gasteiger partial charge in [-0.15, -0.1) is 11.3 Å². The molecule has 0 radical (unpaired) electrons. The number of sulfonamides is 1. The Morgan fingerprint density at radius 2 is 2.00 bits per heavy atom. The summed E-state index contributed by atoms with van der Waals surface area (Å²) in [5.74, 6) is 0. The third kappa shape index (κ3) is 3.59. The summed E-state index contributed by atoms with van der Waals surface area (Å²) in [6, 6.07) is 7.61. The first-order chi connectivity index (χ1) is 11.4. The van der Waals surface area contributed by atoms with E-state index in [0.29, 0.717) is 5.01 Å². The molecule has 0 bridgehead atoms. The molecule has 3 aromatic rings. The Labute approximate surface area is 152 Å². The van der Waals surface area contributed by atoms with E-state index in [4.69, 9.17) is 0 Å². The van der Waals surface area contributed by atoms with Gasteiger partial charge in [-0.3, -0.25) is 4.68 Å². The molecule has 0 aliphatic rings. The molecule has 0 fully saturated rings. The van der Waals surface area contributed by atoms with Crippen molar-refractivity contribution in [2.24, 2.45) is 7.05 Å². The van der Waals surface area contributed by atoms with Crippen LogP contribution in [-0.2, 0) is 23.6 Å². The topological polar surface area (TPSA) is 68.1 Å². The van der Waals surface area contributed by atoms with Crippen LogP contribution in [0.5, 0.6) is 0 Å². The average molecular weight is 427 g/mol. The number of rotatable bonds is 5. The molecule has 0 aliphatic heterocycles. The lowest BCUT2D eigenvalue weighted by molar-refractivity contribution is 0.464. The van der Waals surface area contributed by atoms with Gasteiger partial charge in [0.15, 0.2) is 5.03 Å². The van der Waals surface area contributed by atoms with Gasteiger partial charge in [0, 0.05) is 47.8 Å². The molecule has 3 rings (SSSR count). The van der Waals surface area contributed by atoms with Gasteiger partial charge in [-0.1, -0.05) is 28.1 Å². The maximum absolute atomic E-state index is 12.7. The third-order valence-electron chi connectivity index (χ3n) is 3.41. The van der Waals surface area contributed by atoms with Crippen LogP contribution in [0.25, 0.3) is 10.6 Å². The van der Waals surface area contributed by atoms with Crippen molar-refractivity contribution in [1.29, 1.82) is 0 Å². The lowest BCUT2D eigenvalue weighted by Crippen LogP contribution is -2.26. The van der Waals surface area contributed by atoms with Crippen molar-refractivity contribution in [3.05, 3.63) is 52.1 Å². The highest BCUT2D eigenvalue weighted by molar-refractivity contribution is 9.10. The molecule has 6 nitrogen and oxygen atoms in total. The number of hydrogen-bond donors (Lipinski definition) is 0. The largest absolute Gasteiger partial charge is 0.275 e. The molecule has 1 aromatic carbocycles. The molecule has 126 valence electrons. The second kappa shape index (κ2) is 6.75. The van der Waals surface area contributed by atoms with Gasteiger partial charge in [0.05, 0.1) is 6.20 Å². The first kappa shape index (κ1) is 17.3. The van der Waals surface area contributed by atoms with Crippen molar-refractivity contribution in [3.63, 3.8) is 0 Å². The van der Waals surface area contributed by atoms with E-state index in [9.17, 15) is 8.42 Å². The summed E-state index contributed by atoms with van der Waals surface area (Å²) in [7, 11) is -0.300. The van der Waals surface area contributed by atoms with Crippen LogP contribution in [0, 0.1) is 0 Å². The van der Waals surface area contributed by atoms with Crippen LogP contribution in [0.1, 0.15) is 5.56 Å². The van der Waals surface area contributed by atoms with Gasteiger partial charge in [0.1, 0.15) is 5.01 Å². The molecule has 0 unspecified atom stereocenters. The molecular weight excluding hydrogens is 412 g/mol. The fourth-order valence-corrected chi connectivity index (χ4v) is 4.64. The molecule has 0 saturated carbocycles. The van der Waals surface area contributed by atoms with Crippen molar-refractivity contribution >= 4 is 37.3 Å². The van der Waals surface area contributed by atoms with Gasteiger partial charge >= 0.3 is 0 Å². The fraction of sp³-hybridized carbons (Fsp3) is 0.200. The number of benzene rings is 1. The molecule has 0 saturated heterocycles. The molecule has 0 aliphatic carbocycles. The minimum Gasteiger partial charge on any atom is -0.275 e. The molecule has 9 heteroatoms. The highest BCUT2D eigenvalue weighted by Crippen LogP contribution is 2.28. The van der Waals surface area contributed by atoms with Crippen LogP contribution in [0.2, 0.25) is 0 Å². The van der Waals surface area contributed by atoms with Gasteiger partial charge in [-0.2, -0.15) is 9.40 Å². The maximum Gasteiger partial charge on any atom is 0.261 e. The molecule has 2 aromatic heterocycles. The fourth-order valence-electron chi connectivity index (χ4n) is 2.16. The highest BCUT2D eigenvalue weighted by atomic mass is 79.9. The zero-order chi connectivity index (χ0) is 17.3. The summed E-state index contributed by atoms with van der Waals surface area (Å²) in [6.45, 7) is 0.251. The lowest BCUT2D eigenvalue weighted by Gasteiger charge is -2.14. The van der Waals surface area contributed by atoms with Crippen LogP contribution < -0.4 is 0 Å². The average Bonchev–Trinajstić information content (AvgIpc) is 3.17. The minimum absolute atomic E-state index is 0.0665. The molecule has 0 amide bonds. The van der Waals surface area contributed by atoms with Gasteiger partial charge in [-0.25, -0.2) is 13.4 Å². The van der Waals surface area contributed by atoms with E-state index in [1.165, 1.54) is 15.6 Å². The molecule has 0 spiro atoms. The van der Waals surface area contributed by atoms with Gasteiger partial charge in [-0.05, 0) is 12.1 Å². The second-order valence-corrected chi connectivity index (χ2v) is 9.05. The minimum atomic E-state index is -3.64. The quantitative estimate of drug-likeness (QED) is 0.628. The van der Waals surface area contributed by atoms with Gasteiger partial charge in [0.2, 0.25) is 0 Å². The number of aryl methyl sites for hydroxylation is 1. The van der Waals surface area contributed by atoms with Crippen LogP contribution >= 0.6 is 27.3 Å². The molecule has 2 heterocycles. The van der Waals surface area contributed by atoms with Crippen LogP contribution in [0.4, 0.5) is 0 Å². The molecule has 24 heavy (non-hydrogen) atoms. The van der Waals surface area contributed by atoms with Crippen molar-refractivity contribution < 1.29 is 8.42 Å². The smallest absolute Gasteiger partial charge is 0.261 e. The van der Waals surface area contributed by atoms with Crippen molar-refractivity contribution in [2.45, 2.75) is 11.6 Å². The molecular formula is C15H15BrN4O2S2. The second-order valence-electron chi connectivity index (χ2n) is 5.28. The van der Waals surface area contributed by atoms with E-state index in [2.05, 4.69) is 26.0 Å². The van der Waals surface area contributed by atoms with Crippen LogP contribution in [-0.4, -0.2) is 34.5 Å². The number of nitrogens with zero attached hydrogens (tertiary/aromatic N) is 4. The molecule has 0 N–H and O–H groups in total. The van der Waals surface area contributed by atoms with E-state index >= 15 is 0 Å². The normalized spacial score (nSPS) is 12.0. The monoisotopic (exact) mass is 426 g/mol. The Balaban J connectivity index is 1.83. The Morgan fingerprint density at radius 1 is 1.29 bits per heavy atom. The Kier molecular flexibility index (Phi) is 4.86. The highest BCUT2D eigenvalue weighted by Gasteiger charge is 2.24. The number of thiazole rings is 1.